The number of thiazole rings is 1. The van der Waals surface area contributed by atoms with Crippen molar-refractivity contribution >= 4 is 40.7 Å². The number of benzene rings is 1. The van der Waals surface area contributed by atoms with Crippen LogP contribution in [0.25, 0.3) is 0 Å². The number of nitrogens with zero attached hydrogens (tertiary/aromatic N) is 5. The van der Waals surface area contributed by atoms with E-state index >= 15 is 4.39 Å². The summed E-state index contributed by atoms with van der Waals surface area (Å²) in [6.45, 7) is 8.42. The predicted molar refractivity (Wildman–Crippen MR) is 181 cm³/mol. The van der Waals surface area contributed by atoms with Crippen molar-refractivity contribution in [1.29, 1.82) is 0 Å². The van der Waals surface area contributed by atoms with E-state index in [9.17, 15) is 19.2 Å². The van der Waals surface area contributed by atoms with E-state index < -0.39 is 41.5 Å². The Bertz CT molecular complexity index is 1610. The van der Waals surface area contributed by atoms with Crippen LogP contribution >= 0.6 is 11.3 Å². The van der Waals surface area contributed by atoms with Gasteiger partial charge >= 0.3 is 0 Å². The van der Waals surface area contributed by atoms with Crippen molar-refractivity contribution in [1.82, 2.24) is 35.2 Å². The minimum absolute atomic E-state index is 0.0317. The molecule has 1 aromatic carbocycles. The SMILES string of the molecule is CCn1nccc1C(=O)N[C@H](C(=O)Nc1ccc([C@H](C)[C@@H](NC(=O)c2cnc(C)s2)C(=O)N2CCN(C)CC2)cc1F)C1CCCCC1. The van der Waals surface area contributed by atoms with E-state index in [4.69, 9.17) is 0 Å². The fourth-order valence-corrected chi connectivity index (χ4v) is 7.16. The molecule has 3 heterocycles. The van der Waals surface area contributed by atoms with E-state index in [-0.39, 0.29) is 17.5 Å². The Labute approximate surface area is 284 Å². The van der Waals surface area contributed by atoms with Crippen molar-refractivity contribution in [2.24, 2.45) is 5.92 Å². The molecule has 1 saturated carbocycles. The molecule has 3 N–H and O–H groups in total. The van der Waals surface area contributed by atoms with Gasteiger partial charge in [0.1, 0.15) is 28.5 Å². The molecule has 3 aromatic rings. The third-order valence-corrected chi connectivity index (χ3v) is 10.3. The van der Waals surface area contributed by atoms with Gasteiger partial charge in [-0.2, -0.15) is 5.10 Å². The second-order valence-corrected chi connectivity index (χ2v) is 14.0. The summed E-state index contributed by atoms with van der Waals surface area (Å²) >= 11 is 1.23. The molecule has 14 heteroatoms. The molecule has 12 nitrogen and oxygen atoms in total. The molecular weight excluding hydrogens is 635 g/mol. The number of hydrogen-bond acceptors (Lipinski definition) is 8. The van der Waals surface area contributed by atoms with Crippen LogP contribution in [-0.4, -0.2) is 93.5 Å². The van der Waals surface area contributed by atoms with Gasteiger partial charge in [-0.3, -0.25) is 23.9 Å². The third-order valence-electron chi connectivity index (χ3n) is 9.43. The first-order valence-corrected chi connectivity index (χ1v) is 17.5. The first-order chi connectivity index (χ1) is 23.0. The molecule has 1 aliphatic carbocycles. The number of amides is 4. The summed E-state index contributed by atoms with van der Waals surface area (Å²) in [5, 5.41) is 13.4. The maximum absolute atomic E-state index is 15.7. The molecule has 258 valence electrons. The number of hydrogen-bond donors (Lipinski definition) is 3. The van der Waals surface area contributed by atoms with Crippen LogP contribution in [0.5, 0.6) is 0 Å². The molecule has 1 aliphatic heterocycles. The lowest BCUT2D eigenvalue weighted by Gasteiger charge is -2.36. The highest BCUT2D eigenvalue weighted by Gasteiger charge is 2.35. The molecule has 0 bridgehead atoms. The van der Waals surface area contributed by atoms with Crippen LogP contribution in [0.4, 0.5) is 10.1 Å². The number of nitrogens with one attached hydrogen (secondary N) is 3. The molecule has 0 radical (unpaired) electrons. The summed E-state index contributed by atoms with van der Waals surface area (Å²) in [5.41, 5.74) is 0.813. The number of carbonyl (C=O) groups is 4. The van der Waals surface area contributed by atoms with Gasteiger partial charge in [0.15, 0.2) is 0 Å². The second-order valence-electron chi connectivity index (χ2n) is 12.7. The molecule has 3 atom stereocenters. The van der Waals surface area contributed by atoms with Crippen molar-refractivity contribution in [3.63, 3.8) is 0 Å². The van der Waals surface area contributed by atoms with Crippen LogP contribution < -0.4 is 16.0 Å². The van der Waals surface area contributed by atoms with Gasteiger partial charge < -0.3 is 25.8 Å². The van der Waals surface area contributed by atoms with E-state index in [1.807, 2.05) is 14.0 Å². The molecule has 4 amide bonds. The number of likely N-dealkylation sites (N-methyl/N-ethyl adjacent to an activating group) is 1. The average molecular weight is 681 g/mol. The van der Waals surface area contributed by atoms with Crippen LogP contribution in [0.2, 0.25) is 0 Å². The summed E-state index contributed by atoms with van der Waals surface area (Å²) in [7, 11) is 1.99. The quantitative estimate of drug-likeness (QED) is 0.280. The Morgan fingerprint density at radius 2 is 1.75 bits per heavy atom. The van der Waals surface area contributed by atoms with Crippen LogP contribution in [0.15, 0.2) is 36.7 Å². The number of piperazine rings is 1. The lowest BCUT2D eigenvalue weighted by Crippen LogP contribution is -2.55. The lowest BCUT2D eigenvalue weighted by molar-refractivity contribution is -0.135. The van der Waals surface area contributed by atoms with Gasteiger partial charge in [0, 0.05) is 44.8 Å². The van der Waals surface area contributed by atoms with Gasteiger partial charge in [-0.1, -0.05) is 32.3 Å². The minimum Gasteiger partial charge on any atom is -0.339 e. The molecule has 2 aromatic heterocycles. The second kappa shape index (κ2) is 15.8. The van der Waals surface area contributed by atoms with Crippen LogP contribution in [0.1, 0.15) is 82.6 Å². The maximum Gasteiger partial charge on any atom is 0.270 e. The zero-order valence-corrected chi connectivity index (χ0v) is 28.8. The van der Waals surface area contributed by atoms with Crippen LogP contribution in [0, 0.1) is 18.7 Å². The number of rotatable bonds is 11. The zero-order chi connectivity index (χ0) is 34.4. The molecule has 2 aliphatic rings. The molecule has 0 spiro atoms. The number of aromatic nitrogens is 3. The Kier molecular flexibility index (Phi) is 11.6. The molecule has 48 heavy (non-hydrogen) atoms. The third kappa shape index (κ3) is 8.27. The molecule has 5 rings (SSSR count). The fraction of sp³-hybridized carbons (Fsp3) is 0.529. The summed E-state index contributed by atoms with van der Waals surface area (Å²) in [5.74, 6) is -2.91. The van der Waals surface area contributed by atoms with Gasteiger partial charge in [-0.25, -0.2) is 9.37 Å². The van der Waals surface area contributed by atoms with Crippen LogP contribution in [-0.2, 0) is 16.1 Å². The standard InChI is InChI=1S/C34H45FN8O4S/c1-5-43-27(13-14-37-43)31(44)40-30(23-9-7-6-8-10-23)33(46)38-26-12-11-24(19-25(26)35)21(2)29(34(47)42-17-15-41(4)16-18-42)39-32(45)28-20-36-22(3)48-28/h11-14,19-21,23,29-30H,5-10,15-18H2,1-4H3,(H,38,46)(H,39,45)(H,40,44)/t21-,29+,30-/m0/s1. The van der Waals surface area contributed by atoms with Gasteiger partial charge in [-0.05, 0) is 63.4 Å². The van der Waals surface area contributed by atoms with E-state index in [2.05, 4.69) is 30.9 Å². The predicted octanol–water partition coefficient (Wildman–Crippen LogP) is 3.80. The molecular formula is C34H45FN8O4S. The van der Waals surface area contributed by atoms with Crippen molar-refractivity contribution in [3.8, 4) is 0 Å². The fourth-order valence-electron chi connectivity index (χ4n) is 6.48. The Hall–Kier alpha value is -4.17. The Morgan fingerprint density at radius 3 is 2.40 bits per heavy atom. The molecule has 1 saturated heterocycles. The smallest absolute Gasteiger partial charge is 0.270 e. The monoisotopic (exact) mass is 680 g/mol. The van der Waals surface area contributed by atoms with Gasteiger partial charge in [0.2, 0.25) is 11.8 Å². The summed E-state index contributed by atoms with van der Waals surface area (Å²) in [6, 6.07) is 4.22. The topological polar surface area (TPSA) is 142 Å². The van der Waals surface area contributed by atoms with E-state index in [0.29, 0.717) is 48.9 Å². The van der Waals surface area contributed by atoms with E-state index in [1.54, 1.807) is 41.8 Å². The van der Waals surface area contributed by atoms with Crippen molar-refractivity contribution in [2.45, 2.75) is 77.4 Å². The first kappa shape index (κ1) is 35.1. The normalized spacial score (nSPS) is 17.7. The number of carbonyl (C=O) groups excluding carboxylic acids is 4. The molecule has 0 unspecified atom stereocenters. The highest BCUT2D eigenvalue weighted by Crippen LogP contribution is 2.29. The summed E-state index contributed by atoms with van der Waals surface area (Å²) in [6.07, 6.45) is 7.55. The minimum atomic E-state index is -0.953. The summed E-state index contributed by atoms with van der Waals surface area (Å²) < 4.78 is 17.3. The Balaban J connectivity index is 1.34. The largest absolute Gasteiger partial charge is 0.339 e. The van der Waals surface area contributed by atoms with Gasteiger partial charge in [-0.15, -0.1) is 11.3 Å². The van der Waals surface area contributed by atoms with E-state index in [1.165, 1.54) is 29.7 Å². The zero-order valence-electron chi connectivity index (χ0n) is 28.0. The van der Waals surface area contributed by atoms with Crippen molar-refractivity contribution in [3.05, 3.63) is 63.6 Å². The van der Waals surface area contributed by atoms with Crippen molar-refractivity contribution in [2.75, 3.05) is 38.5 Å². The van der Waals surface area contributed by atoms with E-state index in [0.717, 1.165) is 37.1 Å². The van der Waals surface area contributed by atoms with Crippen molar-refractivity contribution < 1.29 is 23.6 Å². The highest BCUT2D eigenvalue weighted by atomic mass is 32.1. The van der Waals surface area contributed by atoms with Gasteiger partial charge in [0.05, 0.1) is 16.9 Å². The van der Waals surface area contributed by atoms with Gasteiger partial charge in [0.25, 0.3) is 11.8 Å². The molecule has 2 fully saturated rings. The van der Waals surface area contributed by atoms with Crippen LogP contribution in [0.3, 0.4) is 0 Å². The summed E-state index contributed by atoms with van der Waals surface area (Å²) in [4.78, 5) is 62.3. The average Bonchev–Trinajstić information content (AvgIpc) is 3.76. The Morgan fingerprint density at radius 1 is 1.02 bits per heavy atom. The number of aryl methyl sites for hydroxylation is 2. The number of halogens is 1. The lowest BCUT2D eigenvalue weighted by atomic mass is 9.83. The number of anilines is 1. The highest BCUT2D eigenvalue weighted by molar-refractivity contribution is 7.13. The first-order valence-electron chi connectivity index (χ1n) is 16.7. The maximum atomic E-state index is 15.7.